The van der Waals surface area contributed by atoms with Gasteiger partial charge in [-0.2, -0.15) is 0 Å². The molecule has 3 nitrogen and oxygen atoms in total. The Bertz CT molecular complexity index is 464. The number of pyridine rings is 1. The van der Waals surface area contributed by atoms with Crippen molar-refractivity contribution in [1.29, 1.82) is 0 Å². The summed E-state index contributed by atoms with van der Waals surface area (Å²) in [6, 6.07) is 4.07. The van der Waals surface area contributed by atoms with Gasteiger partial charge in [0.1, 0.15) is 5.75 Å². The zero-order chi connectivity index (χ0) is 15.0. The lowest BCUT2D eigenvalue weighted by molar-refractivity contribution is 0.0842. The van der Waals surface area contributed by atoms with Gasteiger partial charge in [-0.15, -0.1) is 0 Å². The molecule has 20 heavy (non-hydrogen) atoms. The first-order valence-electron chi connectivity index (χ1n) is 7.56. The second-order valence-electron chi connectivity index (χ2n) is 7.91. The maximum Gasteiger partial charge on any atom is 0.138 e. The summed E-state index contributed by atoms with van der Waals surface area (Å²) in [6.45, 7) is 12.0. The molecular weight excluding hydrogens is 248 g/mol. The molecule has 1 aliphatic carbocycles. The maximum atomic E-state index is 9.87. The van der Waals surface area contributed by atoms with Crippen LogP contribution < -0.4 is 5.32 Å². The van der Waals surface area contributed by atoms with Crippen molar-refractivity contribution in [3.63, 3.8) is 0 Å². The molecule has 0 spiro atoms. The van der Waals surface area contributed by atoms with Gasteiger partial charge in [0.2, 0.25) is 0 Å². The van der Waals surface area contributed by atoms with Crippen LogP contribution in [0, 0.1) is 17.8 Å². The summed E-state index contributed by atoms with van der Waals surface area (Å²) in [5, 5.41) is 13.5. The highest BCUT2D eigenvalue weighted by atomic mass is 16.3. The Morgan fingerprint density at radius 2 is 1.80 bits per heavy atom. The van der Waals surface area contributed by atoms with Gasteiger partial charge in [0.05, 0.1) is 5.69 Å². The standard InChI is InChI=1S/C17H28N2O/c1-12-6-7-15(20)14(19-12)10-18-13-8-16(2,3)11-17(4,5)9-13/h6-7,13,18,20H,8-11H2,1-5H3. The normalized spacial score (nSPS) is 21.9. The lowest BCUT2D eigenvalue weighted by atomic mass is 9.63. The molecule has 0 saturated heterocycles. The number of aromatic hydroxyl groups is 1. The van der Waals surface area contributed by atoms with Gasteiger partial charge in [0.15, 0.2) is 0 Å². The second-order valence-corrected chi connectivity index (χ2v) is 7.91. The molecule has 0 bridgehead atoms. The van der Waals surface area contributed by atoms with Crippen LogP contribution in [0.25, 0.3) is 0 Å². The molecule has 0 amide bonds. The Morgan fingerprint density at radius 1 is 1.20 bits per heavy atom. The van der Waals surface area contributed by atoms with E-state index in [1.165, 1.54) is 19.3 Å². The van der Waals surface area contributed by atoms with Gasteiger partial charge in [0.25, 0.3) is 0 Å². The molecule has 0 aliphatic heterocycles. The zero-order valence-electron chi connectivity index (χ0n) is 13.5. The van der Waals surface area contributed by atoms with Crippen molar-refractivity contribution in [1.82, 2.24) is 10.3 Å². The highest BCUT2D eigenvalue weighted by Gasteiger charge is 2.38. The topological polar surface area (TPSA) is 45.1 Å². The van der Waals surface area contributed by atoms with Crippen molar-refractivity contribution in [3.05, 3.63) is 23.5 Å². The summed E-state index contributed by atoms with van der Waals surface area (Å²) in [4.78, 5) is 4.42. The first-order chi connectivity index (χ1) is 9.17. The fourth-order valence-corrected chi connectivity index (χ4v) is 3.96. The average molecular weight is 276 g/mol. The zero-order valence-corrected chi connectivity index (χ0v) is 13.5. The predicted octanol–water partition coefficient (Wildman–Crippen LogP) is 3.79. The summed E-state index contributed by atoms with van der Waals surface area (Å²) in [5.41, 5.74) is 2.46. The monoisotopic (exact) mass is 276 g/mol. The summed E-state index contributed by atoms with van der Waals surface area (Å²) < 4.78 is 0. The van der Waals surface area contributed by atoms with Crippen LogP contribution in [0.4, 0.5) is 0 Å². The van der Waals surface area contributed by atoms with E-state index in [0.717, 1.165) is 11.4 Å². The quantitative estimate of drug-likeness (QED) is 0.883. The summed E-state index contributed by atoms with van der Waals surface area (Å²) >= 11 is 0. The number of nitrogens with one attached hydrogen (secondary N) is 1. The molecule has 1 heterocycles. The Hall–Kier alpha value is -1.09. The largest absolute Gasteiger partial charge is 0.506 e. The van der Waals surface area contributed by atoms with Gasteiger partial charge in [-0.1, -0.05) is 27.7 Å². The van der Waals surface area contributed by atoms with Crippen molar-refractivity contribution < 1.29 is 5.11 Å². The number of aryl methyl sites for hydroxylation is 1. The molecule has 1 aromatic rings. The second kappa shape index (κ2) is 5.36. The first kappa shape index (κ1) is 15.3. The fourth-order valence-electron chi connectivity index (χ4n) is 3.96. The molecule has 1 fully saturated rings. The minimum Gasteiger partial charge on any atom is -0.506 e. The van der Waals surface area contributed by atoms with Gasteiger partial charge in [-0.25, -0.2) is 0 Å². The number of rotatable bonds is 3. The Balaban J connectivity index is 2.01. The van der Waals surface area contributed by atoms with Crippen LogP contribution in [-0.4, -0.2) is 16.1 Å². The molecular formula is C17H28N2O. The summed E-state index contributed by atoms with van der Waals surface area (Å²) in [5.74, 6) is 0.289. The number of hydrogen-bond acceptors (Lipinski definition) is 3. The maximum absolute atomic E-state index is 9.87. The Labute approximate surface area is 122 Å². The van der Waals surface area contributed by atoms with E-state index in [4.69, 9.17) is 0 Å². The van der Waals surface area contributed by atoms with Crippen molar-refractivity contribution in [3.8, 4) is 5.75 Å². The van der Waals surface area contributed by atoms with E-state index < -0.39 is 0 Å². The van der Waals surface area contributed by atoms with Gasteiger partial charge >= 0.3 is 0 Å². The van der Waals surface area contributed by atoms with E-state index in [0.29, 0.717) is 23.4 Å². The van der Waals surface area contributed by atoms with E-state index in [1.54, 1.807) is 6.07 Å². The third kappa shape index (κ3) is 3.95. The van der Waals surface area contributed by atoms with Crippen LogP contribution >= 0.6 is 0 Å². The van der Waals surface area contributed by atoms with E-state index in [1.807, 2.05) is 13.0 Å². The Morgan fingerprint density at radius 3 is 2.40 bits per heavy atom. The van der Waals surface area contributed by atoms with Crippen LogP contribution in [0.2, 0.25) is 0 Å². The molecule has 0 aromatic carbocycles. The minimum atomic E-state index is 0.289. The van der Waals surface area contributed by atoms with Gasteiger partial charge in [-0.05, 0) is 49.1 Å². The first-order valence-corrected chi connectivity index (χ1v) is 7.56. The molecule has 1 aliphatic rings. The molecule has 1 saturated carbocycles. The molecule has 2 rings (SSSR count). The highest BCUT2D eigenvalue weighted by molar-refractivity contribution is 5.27. The van der Waals surface area contributed by atoms with E-state index in [9.17, 15) is 5.11 Å². The van der Waals surface area contributed by atoms with Gasteiger partial charge in [0, 0.05) is 18.3 Å². The number of nitrogens with zero attached hydrogens (tertiary/aromatic N) is 1. The van der Waals surface area contributed by atoms with Crippen molar-refractivity contribution in [2.75, 3.05) is 0 Å². The lowest BCUT2D eigenvalue weighted by Crippen LogP contribution is -2.43. The third-order valence-corrected chi connectivity index (χ3v) is 4.20. The molecule has 112 valence electrons. The van der Waals surface area contributed by atoms with Crippen LogP contribution in [0.3, 0.4) is 0 Å². The van der Waals surface area contributed by atoms with Crippen molar-refractivity contribution in [2.24, 2.45) is 10.8 Å². The Kier molecular flexibility index (Phi) is 4.10. The molecule has 0 atom stereocenters. The number of aromatic nitrogens is 1. The molecule has 2 N–H and O–H groups in total. The molecule has 0 radical (unpaired) electrons. The average Bonchev–Trinajstić information content (AvgIpc) is 2.26. The molecule has 0 unspecified atom stereocenters. The smallest absolute Gasteiger partial charge is 0.138 e. The van der Waals surface area contributed by atoms with Crippen LogP contribution in [0.15, 0.2) is 12.1 Å². The van der Waals surface area contributed by atoms with Gasteiger partial charge in [-0.3, -0.25) is 4.98 Å². The van der Waals surface area contributed by atoms with Crippen molar-refractivity contribution >= 4 is 0 Å². The fraction of sp³-hybridized carbons (Fsp3) is 0.706. The van der Waals surface area contributed by atoms with Crippen LogP contribution in [-0.2, 0) is 6.54 Å². The van der Waals surface area contributed by atoms with E-state index in [-0.39, 0.29) is 5.75 Å². The third-order valence-electron chi connectivity index (χ3n) is 4.20. The summed E-state index contributed by atoms with van der Waals surface area (Å²) in [6.07, 6.45) is 3.64. The lowest BCUT2D eigenvalue weighted by Gasteiger charge is -2.45. The van der Waals surface area contributed by atoms with Crippen LogP contribution in [0.1, 0.15) is 58.3 Å². The van der Waals surface area contributed by atoms with Gasteiger partial charge < -0.3 is 10.4 Å². The van der Waals surface area contributed by atoms with Crippen molar-refractivity contribution in [2.45, 2.75) is 66.5 Å². The molecule has 1 aromatic heterocycles. The van der Waals surface area contributed by atoms with E-state index in [2.05, 4.69) is 38.0 Å². The summed E-state index contributed by atoms with van der Waals surface area (Å²) in [7, 11) is 0. The minimum absolute atomic E-state index is 0.289. The van der Waals surface area contributed by atoms with Crippen LogP contribution in [0.5, 0.6) is 5.75 Å². The molecule has 3 heteroatoms. The predicted molar refractivity (Wildman–Crippen MR) is 82.7 cm³/mol. The van der Waals surface area contributed by atoms with E-state index >= 15 is 0 Å². The SMILES string of the molecule is Cc1ccc(O)c(CNC2CC(C)(C)CC(C)(C)C2)n1. The number of hydrogen-bond donors (Lipinski definition) is 2. The highest BCUT2D eigenvalue weighted by Crippen LogP contribution is 2.45.